The normalized spacial score (nSPS) is 18.2. The molecule has 1 aliphatic rings. The first-order chi connectivity index (χ1) is 9.88. The maximum atomic E-state index is 12.3. The maximum absolute atomic E-state index is 12.3. The molecule has 0 saturated carbocycles. The lowest BCUT2D eigenvalue weighted by Gasteiger charge is -2.18. The van der Waals surface area contributed by atoms with Gasteiger partial charge in [-0.2, -0.15) is 0 Å². The van der Waals surface area contributed by atoms with Crippen molar-refractivity contribution in [1.82, 2.24) is 5.32 Å². The molecule has 0 aromatic heterocycles. The predicted molar refractivity (Wildman–Crippen MR) is 84.4 cm³/mol. The Morgan fingerprint density at radius 1 is 1.24 bits per heavy atom. The highest BCUT2D eigenvalue weighted by molar-refractivity contribution is 5.97. The van der Waals surface area contributed by atoms with E-state index in [0.717, 1.165) is 11.3 Å². The molecule has 1 aromatic rings. The molecule has 2 rings (SSSR count). The van der Waals surface area contributed by atoms with Crippen LogP contribution in [0.25, 0.3) is 0 Å². The number of amides is 2. The molecule has 1 atom stereocenters. The number of anilines is 1. The van der Waals surface area contributed by atoms with Crippen LogP contribution in [0.3, 0.4) is 0 Å². The van der Waals surface area contributed by atoms with E-state index in [1.165, 1.54) is 5.56 Å². The Kier molecular flexibility index (Phi) is 4.66. The number of nitrogens with one attached hydrogen (secondary N) is 2. The fourth-order valence-corrected chi connectivity index (χ4v) is 2.56. The van der Waals surface area contributed by atoms with Gasteiger partial charge in [-0.1, -0.05) is 39.8 Å². The number of rotatable bonds is 4. The van der Waals surface area contributed by atoms with E-state index in [0.29, 0.717) is 18.4 Å². The number of carbonyl (C=O) groups is 2. The van der Waals surface area contributed by atoms with Gasteiger partial charge in [0.1, 0.15) is 0 Å². The van der Waals surface area contributed by atoms with Gasteiger partial charge >= 0.3 is 0 Å². The molecule has 1 aromatic carbocycles. The second-order valence-electron chi connectivity index (χ2n) is 6.35. The molecule has 0 bridgehead atoms. The summed E-state index contributed by atoms with van der Waals surface area (Å²) in [4.78, 5) is 23.5. The average molecular weight is 288 g/mol. The molecule has 4 nitrogen and oxygen atoms in total. The van der Waals surface area contributed by atoms with Crippen LogP contribution in [0.4, 0.5) is 5.69 Å². The molecule has 114 valence electrons. The van der Waals surface area contributed by atoms with Crippen LogP contribution in [-0.4, -0.2) is 18.4 Å². The highest BCUT2D eigenvalue weighted by atomic mass is 16.2. The zero-order valence-corrected chi connectivity index (χ0v) is 13.2. The molecule has 1 saturated heterocycles. The fourth-order valence-electron chi connectivity index (χ4n) is 2.56. The highest BCUT2D eigenvalue weighted by Crippen LogP contribution is 2.29. The quantitative estimate of drug-likeness (QED) is 0.894. The lowest BCUT2D eigenvalue weighted by atomic mass is 9.94. The van der Waals surface area contributed by atoms with E-state index in [1.54, 1.807) is 0 Å². The molecule has 0 spiro atoms. The van der Waals surface area contributed by atoms with Crippen LogP contribution in [0.1, 0.15) is 57.1 Å². The number of hydrogen-bond donors (Lipinski definition) is 2. The minimum Gasteiger partial charge on any atom is -0.355 e. The van der Waals surface area contributed by atoms with Gasteiger partial charge in [0.05, 0.1) is 5.92 Å². The van der Waals surface area contributed by atoms with Gasteiger partial charge in [0.2, 0.25) is 11.8 Å². The number of benzene rings is 1. The zero-order valence-electron chi connectivity index (χ0n) is 13.2. The summed E-state index contributed by atoms with van der Waals surface area (Å²) < 4.78 is 0. The molecule has 2 N–H and O–H groups in total. The van der Waals surface area contributed by atoms with Crippen LogP contribution in [0.2, 0.25) is 0 Å². The minimum absolute atomic E-state index is 0.0469. The van der Waals surface area contributed by atoms with Gasteiger partial charge in [-0.05, 0) is 29.0 Å². The number of carbonyl (C=O) groups excluding carboxylic acids is 2. The summed E-state index contributed by atoms with van der Waals surface area (Å²) in [7, 11) is 0. The highest BCUT2D eigenvalue weighted by Gasteiger charge is 2.28. The molecular weight excluding hydrogens is 264 g/mol. The minimum atomic E-state index is -0.262. The zero-order chi connectivity index (χ0) is 15.6. The van der Waals surface area contributed by atoms with Gasteiger partial charge in [0.15, 0.2) is 0 Å². The first-order valence-corrected chi connectivity index (χ1v) is 7.60. The lowest BCUT2D eigenvalue weighted by molar-refractivity contribution is -0.123. The molecule has 4 heteroatoms. The summed E-state index contributed by atoms with van der Waals surface area (Å²) >= 11 is 0. The van der Waals surface area contributed by atoms with Gasteiger partial charge in [-0.25, -0.2) is 0 Å². The second kappa shape index (κ2) is 6.29. The Bertz CT molecular complexity index is 550. The third-order valence-corrected chi connectivity index (χ3v) is 3.97. The Hall–Kier alpha value is -1.84. The van der Waals surface area contributed by atoms with E-state index in [1.807, 2.05) is 6.07 Å². The van der Waals surface area contributed by atoms with E-state index in [2.05, 4.69) is 50.5 Å². The molecule has 2 amide bonds. The van der Waals surface area contributed by atoms with E-state index in [-0.39, 0.29) is 24.2 Å². The van der Waals surface area contributed by atoms with E-state index in [4.69, 9.17) is 0 Å². The predicted octanol–water partition coefficient (Wildman–Crippen LogP) is 3.01. The third kappa shape index (κ3) is 3.63. The van der Waals surface area contributed by atoms with Gasteiger partial charge in [-0.3, -0.25) is 9.59 Å². The van der Waals surface area contributed by atoms with Crippen molar-refractivity contribution in [3.8, 4) is 0 Å². The molecule has 0 aliphatic carbocycles. The van der Waals surface area contributed by atoms with E-state index >= 15 is 0 Å². The second-order valence-corrected chi connectivity index (χ2v) is 6.35. The molecule has 1 fully saturated rings. The van der Waals surface area contributed by atoms with Crippen LogP contribution in [0, 0.1) is 5.92 Å². The van der Waals surface area contributed by atoms with Crippen LogP contribution in [-0.2, 0) is 9.59 Å². The van der Waals surface area contributed by atoms with Crippen molar-refractivity contribution in [2.24, 2.45) is 5.92 Å². The third-order valence-electron chi connectivity index (χ3n) is 3.97. The van der Waals surface area contributed by atoms with Crippen molar-refractivity contribution < 1.29 is 9.59 Å². The summed E-state index contributed by atoms with van der Waals surface area (Å²) in [5, 5.41) is 5.69. The van der Waals surface area contributed by atoms with Crippen LogP contribution in [0.15, 0.2) is 18.2 Å². The average Bonchev–Trinajstić information content (AvgIpc) is 2.85. The standard InChI is InChI=1S/C17H24N2O2/c1-10(2)12-5-6-15(14(7-12)11(3)4)19-17(21)13-8-16(20)18-9-13/h5-7,10-11,13H,8-9H2,1-4H3,(H,18,20)(H,19,21). The Morgan fingerprint density at radius 2 is 1.95 bits per heavy atom. The molecule has 21 heavy (non-hydrogen) atoms. The van der Waals surface area contributed by atoms with Gasteiger partial charge in [-0.15, -0.1) is 0 Å². The van der Waals surface area contributed by atoms with Crippen LogP contribution in [0.5, 0.6) is 0 Å². The summed E-state index contributed by atoms with van der Waals surface area (Å²) in [6, 6.07) is 6.21. The van der Waals surface area contributed by atoms with Crippen molar-refractivity contribution in [1.29, 1.82) is 0 Å². The number of hydrogen-bond acceptors (Lipinski definition) is 2. The van der Waals surface area contributed by atoms with Crippen molar-refractivity contribution >= 4 is 17.5 Å². The van der Waals surface area contributed by atoms with Gasteiger partial charge in [0.25, 0.3) is 0 Å². The van der Waals surface area contributed by atoms with Crippen molar-refractivity contribution in [3.05, 3.63) is 29.3 Å². The van der Waals surface area contributed by atoms with Gasteiger partial charge in [0, 0.05) is 18.7 Å². The maximum Gasteiger partial charge on any atom is 0.229 e. The van der Waals surface area contributed by atoms with Crippen molar-refractivity contribution in [3.63, 3.8) is 0 Å². The van der Waals surface area contributed by atoms with E-state index in [9.17, 15) is 9.59 Å². The molecule has 0 radical (unpaired) electrons. The van der Waals surface area contributed by atoms with Crippen molar-refractivity contribution in [2.75, 3.05) is 11.9 Å². The Morgan fingerprint density at radius 3 is 2.48 bits per heavy atom. The Labute approximate surface area is 126 Å². The van der Waals surface area contributed by atoms with E-state index < -0.39 is 0 Å². The SMILES string of the molecule is CC(C)c1ccc(NC(=O)C2CNC(=O)C2)c(C(C)C)c1. The first kappa shape index (κ1) is 15.5. The van der Waals surface area contributed by atoms with Crippen LogP contribution < -0.4 is 10.6 Å². The summed E-state index contributed by atoms with van der Waals surface area (Å²) in [6.45, 7) is 9.00. The van der Waals surface area contributed by atoms with Crippen LogP contribution >= 0.6 is 0 Å². The molecule has 1 heterocycles. The van der Waals surface area contributed by atoms with Gasteiger partial charge < -0.3 is 10.6 Å². The summed E-state index contributed by atoms with van der Waals surface area (Å²) in [6.07, 6.45) is 0.285. The van der Waals surface area contributed by atoms with Crippen molar-refractivity contribution in [2.45, 2.75) is 46.0 Å². The Balaban J connectivity index is 2.19. The molecular formula is C17H24N2O2. The smallest absolute Gasteiger partial charge is 0.229 e. The monoisotopic (exact) mass is 288 g/mol. The topological polar surface area (TPSA) is 58.2 Å². The summed E-state index contributed by atoms with van der Waals surface area (Å²) in [5.41, 5.74) is 3.28. The first-order valence-electron chi connectivity index (χ1n) is 7.60. The molecule has 1 unspecified atom stereocenters. The fraction of sp³-hybridized carbons (Fsp3) is 0.529. The summed E-state index contributed by atoms with van der Waals surface area (Å²) in [5.74, 6) is 0.412. The molecule has 1 aliphatic heterocycles. The lowest BCUT2D eigenvalue weighted by Crippen LogP contribution is -2.25. The largest absolute Gasteiger partial charge is 0.355 e.